The van der Waals surface area contributed by atoms with Gasteiger partial charge in [-0.25, -0.2) is 10.2 Å². The molecule has 1 amide bonds. The number of nitrogens with zero attached hydrogens (tertiary/aromatic N) is 1. The number of thiophene rings is 1. The zero-order valence-corrected chi connectivity index (χ0v) is 23.5. The standard InChI is InChI=1S/C28H24BrClN2O4S/c1-16(2)21-13-22(29)17(3)11-23(21)35-15-25(33)32-31-14-18-7-6-8-19(12-18)36-28(34)27-26(30)20-9-4-5-10-24(20)37-27/h4-14,16H,15H2,1-3H3,(H,32,33). The van der Waals surface area contributed by atoms with E-state index in [9.17, 15) is 9.59 Å². The van der Waals surface area contributed by atoms with Crippen molar-refractivity contribution in [1.82, 2.24) is 5.43 Å². The maximum Gasteiger partial charge on any atom is 0.355 e. The third-order valence-electron chi connectivity index (χ3n) is 5.46. The topological polar surface area (TPSA) is 77.0 Å². The van der Waals surface area contributed by atoms with E-state index in [1.807, 2.05) is 43.3 Å². The lowest BCUT2D eigenvalue weighted by molar-refractivity contribution is -0.123. The summed E-state index contributed by atoms with van der Waals surface area (Å²) < 4.78 is 13.2. The molecule has 1 heterocycles. The molecule has 37 heavy (non-hydrogen) atoms. The smallest absolute Gasteiger partial charge is 0.355 e. The van der Waals surface area contributed by atoms with Gasteiger partial charge in [-0.05, 0) is 59.9 Å². The molecule has 0 aliphatic heterocycles. The average molecular weight is 600 g/mol. The van der Waals surface area contributed by atoms with Gasteiger partial charge in [0, 0.05) is 14.6 Å². The van der Waals surface area contributed by atoms with E-state index >= 15 is 0 Å². The number of fused-ring (bicyclic) bond motifs is 1. The number of hydrogen-bond donors (Lipinski definition) is 1. The maximum atomic E-state index is 12.7. The van der Waals surface area contributed by atoms with Crippen LogP contribution in [0.4, 0.5) is 0 Å². The van der Waals surface area contributed by atoms with Gasteiger partial charge in [0.25, 0.3) is 5.91 Å². The van der Waals surface area contributed by atoms with Crippen molar-refractivity contribution < 1.29 is 19.1 Å². The summed E-state index contributed by atoms with van der Waals surface area (Å²) in [5.41, 5.74) is 5.13. The minimum Gasteiger partial charge on any atom is -0.483 e. The van der Waals surface area contributed by atoms with Gasteiger partial charge in [0.05, 0.1) is 11.2 Å². The fourth-order valence-corrected chi connectivity index (χ4v) is 5.30. The summed E-state index contributed by atoms with van der Waals surface area (Å²) in [7, 11) is 0. The van der Waals surface area contributed by atoms with E-state index in [1.165, 1.54) is 17.6 Å². The number of benzene rings is 3. The molecule has 0 unspecified atom stereocenters. The number of carbonyl (C=O) groups is 2. The summed E-state index contributed by atoms with van der Waals surface area (Å²) in [6, 6.07) is 18.3. The summed E-state index contributed by atoms with van der Waals surface area (Å²) in [6.45, 7) is 5.92. The second kappa shape index (κ2) is 11.9. The first-order valence-electron chi connectivity index (χ1n) is 11.5. The van der Waals surface area contributed by atoms with Crippen LogP contribution in [-0.2, 0) is 4.79 Å². The lowest BCUT2D eigenvalue weighted by Crippen LogP contribution is -2.25. The molecule has 0 saturated carbocycles. The van der Waals surface area contributed by atoms with E-state index in [0.717, 1.165) is 25.7 Å². The van der Waals surface area contributed by atoms with Crippen molar-refractivity contribution >= 4 is 67.0 Å². The second-order valence-electron chi connectivity index (χ2n) is 8.58. The molecule has 0 fully saturated rings. The number of amides is 1. The molecule has 3 aromatic carbocycles. The van der Waals surface area contributed by atoms with Crippen LogP contribution in [0.25, 0.3) is 10.1 Å². The molecule has 4 rings (SSSR count). The van der Waals surface area contributed by atoms with E-state index < -0.39 is 11.9 Å². The summed E-state index contributed by atoms with van der Waals surface area (Å²) in [4.78, 5) is 25.3. The fourth-order valence-electron chi connectivity index (χ4n) is 3.56. The summed E-state index contributed by atoms with van der Waals surface area (Å²) in [6.07, 6.45) is 1.46. The normalized spacial score (nSPS) is 11.3. The van der Waals surface area contributed by atoms with Gasteiger partial charge in [-0.1, -0.05) is 71.7 Å². The van der Waals surface area contributed by atoms with Crippen LogP contribution < -0.4 is 14.9 Å². The molecular weight excluding hydrogens is 576 g/mol. The number of nitrogens with one attached hydrogen (secondary N) is 1. The van der Waals surface area contributed by atoms with Gasteiger partial charge in [0.1, 0.15) is 16.4 Å². The van der Waals surface area contributed by atoms with Gasteiger partial charge >= 0.3 is 5.97 Å². The molecule has 1 aromatic heterocycles. The van der Waals surface area contributed by atoms with Gasteiger partial charge in [0.15, 0.2) is 6.61 Å². The van der Waals surface area contributed by atoms with Crippen LogP contribution in [0.15, 0.2) is 70.2 Å². The number of esters is 1. The van der Waals surface area contributed by atoms with Gasteiger partial charge < -0.3 is 9.47 Å². The lowest BCUT2D eigenvalue weighted by Gasteiger charge is -2.15. The Hall–Kier alpha value is -3.20. The molecule has 0 bridgehead atoms. The summed E-state index contributed by atoms with van der Waals surface area (Å²) in [5.74, 6) is 0.319. The zero-order chi connectivity index (χ0) is 26.5. The van der Waals surface area contributed by atoms with Gasteiger partial charge in [0.2, 0.25) is 0 Å². The molecule has 190 valence electrons. The minimum absolute atomic E-state index is 0.175. The summed E-state index contributed by atoms with van der Waals surface area (Å²) >= 11 is 11.2. The molecule has 0 aliphatic carbocycles. The highest BCUT2D eigenvalue weighted by Gasteiger charge is 2.19. The first-order chi connectivity index (χ1) is 17.7. The van der Waals surface area contributed by atoms with E-state index in [-0.39, 0.29) is 12.5 Å². The highest BCUT2D eigenvalue weighted by molar-refractivity contribution is 9.10. The Morgan fingerprint density at radius 3 is 2.68 bits per heavy atom. The molecular formula is C28H24BrClN2O4S. The molecule has 9 heteroatoms. The highest BCUT2D eigenvalue weighted by Crippen LogP contribution is 2.36. The molecule has 0 aliphatic rings. The van der Waals surface area contributed by atoms with Crippen molar-refractivity contribution in [3.05, 3.63) is 91.7 Å². The van der Waals surface area contributed by atoms with Crippen molar-refractivity contribution in [3.8, 4) is 11.5 Å². The maximum absolute atomic E-state index is 12.7. The number of aryl methyl sites for hydroxylation is 1. The number of hydrogen-bond acceptors (Lipinski definition) is 6. The number of ether oxygens (including phenoxy) is 2. The van der Waals surface area contributed by atoms with Crippen molar-refractivity contribution in [2.75, 3.05) is 6.61 Å². The zero-order valence-electron chi connectivity index (χ0n) is 20.4. The van der Waals surface area contributed by atoms with Crippen molar-refractivity contribution in [2.45, 2.75) is 26.7 Å². The third kappa shape index (κ3) is 6.57. The van der Waals surface area contributed by atoms with Crippen LogP contribution in [-0.4, -0.2) is 24.7 Å². The molecule has 0 saturated heterocycles. The summed E-state index contributed by atoms with van der Waals surface area (Å²) in [5, 5.41) is 5.19. The van der Waals surface area contributed by atoms with E-state index in [4.69, 9.17) is 21.1 Å². The number of hydrazone groups is 1. The highest BCUT2D eigenvalue weighted by atomic mass is 79.9. The Kier molecular flexibility index (Phi) is 8.63. The quantitative estimate of drug-likeness (QED) is 0.0985. The lowest BCUT2D eigenvalue weighted by atomic mass is 10.0. The Balaban J connectivity index is 1.35. The van der Waals surface area contributed by atoms with E-state index in [1.54, 1.807) is 24.3 Å². The molecule has 0 atom stereocenters. The van der Waals surface area contributed by atoms with Crippen LogP contribution in [0.5, 0.6) is 11.5 Å². The van der Waals surface area contributed by atoms with Crippen molar-refractivity contribution in [3.63, 3.8) is 0 Å². The second-order valence-corrected chi connectivity index (χ2v) is 10.9. The predicted molar refractivity (Wildman–Crippen MR) is 152 cm³/mol. The van der Waals surface area contributed by atoms with Crippen LogP contribution in [0.2, 0.25) is 5.02 Å². The molecule has 1 N–H and O–H groups in total. The molecule has 0 radical (unpaired) electrons. The first-order valence-corrected chi connectivity index (χ1v) is 13.5. The van der Waals surface area contributed by atoms with E-state index in [2.05, 4.69) is 40.3 Å². The Morgan fingerprint density at radius 2 is 1.92 bits per heavy atom. The Bertz CT molecular complexity index is 1500. The van der Waals surface area contributed by atoms with E-state index in [0.29, 0.717) is 27.0 Å². The average Bonchev–Trinajstić information content (AvgIpc) is 3.21. The molecule has 6 nitrogen and oxygen atoms in total. The van der Waals surface area contributed by atoms with Gasteiger partial charge in [-0.3, -0.25) is 4.79 Å². The number of carbonyl (C=O) groups excluding carboxylic acids is 2. The Morgan fingerprint density at radius 1 is 1.14 bits per heavy atom. The van der Waals surface area contributed by atoms with Gasteiger partial charge in [-0.15, -0.1) is 11.3 Å². The van der Waals surface area contributed by atoms with Crippen LogP contribution in [0.1, 0.15) is 46.1 Å². The monoisotopic (exact) mass is 598 g/mol. The van der Waals surface area contributed by atoms with Crippen molar-refractivity contribution in [1.29, 1.82) is 0 Å². The first kappa shape index (κ1) is 26.9. The largest absolute Gasteiger partial charge is 0.483 e. The SMILES string of the molecule is Cc1cc(OCC(=O)NN=Cc2cccc(OC(=O)c3sc4ccccc4c3Cl)c2)c(C(C)C)cc1Br. The molecule has 0 spiro atoms. The fraction of sp³-hybridized carbons (Fsp3) is 0.179. The van der Waals surface area contributed by atoms with Crippen LogP contribution in [0.3, 0.4) is 0 Å². The van der Waals surface area contributed by atoms with Crippen LogP contribution in [0, 0.1) is 6.92 Å². The predicted octanol–water partition coefficient (Wildman–Crippen LogP) is 7.50. The van der Waals surface area contributed by atoms with Gasteiger partial charge in [-0.2, -0.15) is 5.10 Å². The molecule has 4 aromatic rings. The number of rotatable bonds is 8. The van der Waals surface area contributed by atoms with Crippen molar-refractivity contribution in [2.24, 2.45) is 5.10 Å². The van der Waals surface area contributed by atoms with Crippen LogP contribution >= 0.6 is 38.9 Å². The number of halogens is 2. The third-order valence-corrected chi connectivity index (χ3v) is 7.97. The minimum atomic E-state index is -0.533. The Labute approximate surface area is 232 Å².